The molecule has 1 aromatic heterocycles. The Morgan fingerprint density at radius 2 is 2.29 bits per heavy atom. The first-order chi connectivity index (χ1) is 7.99. The molecular weight excluding hydrogens is 260 g/mol. The van der Waals surface area contributed by atoms with E-state index in [0.717, 1.165) is 11.3 Å². The van der Waals surface area contributed by atoms with Gasteiger partial charge in [-0.2, -0.15) is 5.26 Å². The van der Waals surface area contributed by atoms with Gasteiger partial charge in [-0.15, -0.1) is 11.3 Å². The summed E-state index contributed by atoms with van der Waals surface area (Å²) < 4.78 is 26.2. The van der Waals surface area contributed by atoms with E-state index in [1.54, 1.807) is 0 Å². The van der Waals surface area contributed by atoms with Gasteiger partial charge in [-0.3, -0.25) is 0 Å². The van der Waals surface area contributed by atoms with Crippen LogP contribution in [0, 0.1) is 17.2 Å². The molecule has 5 nitrogen and oxygen atoms in total. The standard InChI is InChI=1S/C10H14N2O3S2/c1-8(4-5-13)7-12-17(14,15)10-3-2-9(6-11)16-10/h2-3,8,12-13H,4-5,7H2,1H3. The Labute approximate surface area is 105 Å². The Morgan fingerprint density at radius 3 is 2.82 bits per heavy atom. The van der Waals surface area contributed by atoms with Crippen molar-refractivity contribution in [2.75, 3.05) is 13.2 Å². The summed E-state index contributed by atoms with van der Waals surface area (Å²) in [6, 6.07) is 4.80. The van der Waals surface area contributed by atoms with Gasteiger partial charge in [0.2, 0.25) is 10.0 Å². The van der Waals surface area contributed by atoms with Crippen molar-refractivity contribution in [3.8, 4) is 6.07 Å². The molecule has 0 spiro atoms. The van der Waals surface area contributed by atoms with E-state index in [9.17, 15) is 8.42 Å². The summed E-state index contributed by atoms with van der Waals surface area (Å²) in [6.45, 7) is 2.18. The van der Waals surface area contributed by atoms with Gasteiger partial charge in [0.25, 0.3) is 0 Å². The quantitative estimate of drug-likeness (QED) is 0.807. The molecule has 94 valence electrons. The highest BCUT2D eigenvalue weighted by Gasteiger charge is 2.17. The third-order valence-electron chi connectivity index (χ3n) is 2.20. The van der Waals surface area contributed by atoms with Crippen molar-refractivity contribution in [2.45, 2.75) is 17.6 Å². The van der Waals surface area contributed by atoms with Crippen molar-refractivity contribution in [3.63, 3.8) is 0 Å². The van der Waals surface area contributed by atoms with Crippen LogP contribution in [0.15, 0.2) is 16.3 Å². The zero-order valence-corrected chi connectivity index (χ0v) is 11.0. The summed E-state index contributed by atoms with van der Waals surface area (Å²) >= 11 is 0.944. The molecule has 0 aliphatic heterocycles. The summed E-state index contributed by atoms with van der Waals surface area (Å²) in [5, 5.41) is 17.3. The van der Waals surface area contributed by atoms with Gasteiger partial charge in [0, 0.05) is 13.2 Å². The lowest BCUT2D eigenvalue weighted by Gasteiger charge is -2.10. The van der Waals surface area contributed by atoms with Gasteiger partial charge in [0.1, 0.15) is 15.2 Å². The zero-order valence-electron chi connectivity index (χ0n) is 9.38. The van der Waals surface area contributed by atoms with E-state index in [4.69, 9.17) is 10.4 Å². The molecule has 1 rings (SSSR count). The molecule has 7 heteroatoms. The largest absolute Gasteiger partial charge is 0.396 e. The number of hydrogen-bond donors (Lipinski definition) is 2. The van der Waals surface area contributed by atoms with Crippen molar-refractivity contribution >= 4 is 21.4 Å². The van der Waals surface area contributed by atoms with Crippen LogP contribution >= 0.6 is 11.3 Å². The Morgan fingerprint density at radius 1 is 1.59 bits per heavy atom. The van der Waals surface area contributed by atoms with Crippen molar-refractivity contribution in [2.24, 2.45) is 5.92 Å². The molecule has 0 saturated heterocycles. The lowest BCUT2D eigenvalue weighted by Crippen LogP contribution is -2.28. The van der Waals surface area contributed by atoms with E-state index in [1.165, 1.54) is 12.1 Å². The van der Waals surface area contributed by atoms with E-state index in [1.807, 2.05) is 13.0 Å². The van der Waals surface area contributed by atoms with Crippen LogP contribution in [0.1, 0.15) is 18.2 Å². The fourth-order valence-electron chi connectivity index (χ4n) is 1.17. The highest BCUT2D eigenvalue weighted by molar-refractivity contribution is 7.91. The number of nitriles is 1. The third kappa shape index (κ3) is 4.09. The number of rotatable bonds is 6. The van der Waals surface area contributed by atoms with Gasteiger partial charge >= 0.3 is 0 Å². The van der Waals surface area contributed by atoms with Crippen molar-refractivity contribution in [1.29, 1.82) is 5.26 Å². The van der Waals surface area contributed by atoms with Gasteiger partial charge in [-0.1, -0.05) is 6.92 Å². The van der Waals surface area contributed by atoms with Crippen LogP contribution in [0.4, 0.5) is 0 Å². The molecule has 1 aromatic rings. The first-order valence-electron chi connectivity index (χ1n) is 5.10. The van der Waals surface area contributed by atoms with E-state index in [0.29, 0.717) is 11.3 Å². The molecule has 0 aliphatic carbocycles. The number of thiophene rings is 1. The van der Waals surface area contributed by atoms with Crippen molar-refractivity contribution in [1.82, 2.24) is 4.72 Å². The smallest absolute Gasteiger partial charge is 0.250 e. The molecule has 0 fully saturated rings. The summed E-state index contributed by atoms with van der Waals surface area (Å²) in [7, 11) is -3.53. The summed E-state index contributed by atoms with van der Waals surface area (Å²) in [6.07, 6.45) is 0.552. The van der Waals surface area contributed by atoms with Gasteiger partial charge in [0.05, 0.1) is 0 Å². The topological polar surface area (TPSA) is 90.2 Å². The van der Waals surface area contributed by atoms with Crippen LogP contribution in [0.3, 0.4) is 0 Å². The molecule has 0 aliphatic rings. The molecule has 0 aromatic carbocycles. The maximum atomic E-state index is 11.8. The van der Waals surface area contributed by atoms with E-state index >= 15 is 0 Å². The lowest BCUT2D eigenvalue weighted by molar-refractivity contribution is 0.263. The van der Waals surface area contributed by atoms with Crippen LogP contribution < -0.4 is 4.72 Å². The second-order valence-electron chi connectivity index (χ2n) is 3.70. The molecule has 0 saturated carbocycles. The van der Waals surface area contributed by atoms with Gasteiger partial charge < -0.3 is 5.11 Å². The first kappa shape index (κ1) is 14.1. The minimum atomic E-state index is -3.53. The van der Waals surface area contributed by atoms with E-state index < -0.39 is 10.0 Å². The molecule has 0 radical (unpaired) electrons. The fourth-order valence-corrected chi connectivity index (χ4v) is 3.48. The number of nitrogens with zero attached hydrogens (tertiary/aromatic N) is 1. The Bertz CT molecular complexity index is 502. The van der Waals surface area contributed by atoms with Crippen LogP contribution in [-0.2, 0) is 10.0 Å². The normalized spacial score (nSPS) is 13.2. The molecular formula is C10H14N2O3S2. The number of aliphatic hydroxyl groups excluding tert-OH is 1. The minimum absolute atomic E-state index is 0.0421. The average Bonchev–Trinajstić information content (AvgIpc) is 2.76. The number of sulfonamides is 1. The van der Waals surface area contributed by atoms with Gasteiger partial charge in [-0.05, 0) is 24.5 Å². The molecule has 1 atom stereocenters. The molecule has 1 heterocycles. The minimum Gasteiger partial charge on any atom is -0.396 e. The predicted octanol–water partition coefficient (Wildman–Crippen LogP) is 0.917. The first-order valence-corrected chi connectivity index (χ1v) is 7.40. The molecule has 17 heavy (non-hydrogen) atoms. The summed E-state index contributed by atoms with van der Waals surface area (Å²) in [4.78, 5) is 0.369. The number of aliphatic hydroxyl groups is 1. The molecule has 0 amide bonds. The number of nitrogens with one attached hydrogen (secondary N) is 1. The molecule has 0 bridgehead atoms. The monoisotopic (exact) mass is 274 g/mol. The lowest BCUT2D eigenvalue weighted by atomic mass is 10.1. The Kier molecular flexibility index (Phi) is 5.08. The van der Waals surface area contributed by atoms with Crippen LogP contribution in [0.2, 0.25) is 0 Å². The van der Waals surface area contributed by atoms with Gasteiger partial charge in [0.15, 0.2) is 0 Å². The van der Waals surface area contributed by atoms with Crippen molar-refractivity contribution in [3.05, 3.63) is 17.0 Å². The molecule has 2 N–H and O–H groups in total. The summed E-state index contributed by atoms with van der Waals surface area (Å²) in [5.74, 6) is 0.0742. The maximum Gasteiger partial charge on any atom is 0.250 e. The summed E-state index contributed by atoms with van der Waals surface area (Å²) in [5.41, 5.74) is 0. The molecule has 1 unspecified atom stereocenters. The van der Waals surface area contributed by atoms with E-state index in [-0.39, 0.29) is 23.3 Å². The number of hydrogen-bond acceptors (Lipinski definition) is 5. The zero-order chi connectivity index (χ0) is 12.9. The van der Waals surface area contributed by atoms with Crippen LogP contribution in [-0.4, -0.2) is 26.7 Å². The maximum absolute atomic E-state index is 11.8. The SMILES string of the molecule is CC(CCO)CNS(=O)(=O)c1ccc(C#N)s1. The second-order valence-corrected chi connectivity index (χ2v) is 6.78. The Balaban J connectivity index is 2.66. The van der Waals surface area contributed by atoms with E-state index in [2.05, 4.69) is 4.72 Å². The van der Waals surface area contributed by atoms with Gasteiger partial charge in [-0.25, -0.2) is 13.1 Å². The Hall–Kier alpha value is -0.940. The van der Waals surface area contributed by atoms with Crippen LogP contribution in [0.25, 0.3) is 0 Å². The van der Waals surface area contributed by atoms with Crippen LogP contribution in [0.5, 0.6) is 0 Å². The highest BCUT2D eigenvalue weighted by Crippen LogP contribution is 2.20. The second kappa shape index (κ2) is 6.12. The van der Waals surface area contributed by atoms with Crippen molar-refractivity contribution < 1.29 is 13.5 Å². The predicted molar refractivity (Wildman–Crippen MR) is 65.1 cm³/mol. The fraction of sp³-hybridized carbons (Fsp3) is 0.500. The third-order valence-corrected chi connectivity index (χ3v) is 5.11. The average molecular weight is 274 g/mol. The highest BCUT2D eigenvalue weighted by atomic mass is 32.2.